The third-order valence-electron chi connectivity index (χ3n) is 4.22. The number of nitrogens with zero attached hydrogens (tertiary/aromatic N) is 1. The Bertz CT molecular complexity index is 844. The van der Waals surface area contributed by atoms with Gasteiger partial charge in [0.25, 0.3) is 5.69 Å². The fourth-order valence-electron chi connectivity index (χ4n) is 2.72. The van der Waals surface area contributed by atoms with Crippen LogP contribution in [0.15, 0.2) is 48.5 Å². The van der Waals surface area contributed by atoms with Crippen LogP contribution in [0.25, 0.3) is 0 Å². The molecule has 0 heterocycles. The van der Waals surface area contributed by atoms with Gasteiger partial charge in [-0.3, -0.25) is 10.1 Å². The van der Waals surface area contributed by atoms with E-state index in [0.717, 1.165) is 12.0 Å². The minimum atomic E-state index is -3.60. The molecule has 0 aliphatic carbocycles. The average molecular weight is 376 g/mol. The molecular formula is C19H24N2O4S. The zero-order valence-corrected chi connectivity index (χ0v) is 16.0. The number of nitro groups is 1. The van der Waals surface area contributed by atoms with Gasteiger partial charge in [-0.2, -0.15) is 0 Å². The summed E-state index contributed by atoms with van der Waals surface area (Å²) in [4.78, 5) is 10.2. The molecule has 0 spiro atoms. The highest BCUT2D eigenvalue weighted by atomic mass is 32.2. The first-order valence-corrected chi connectivity index (χ1v) is 10.2. The Morgan fingerprint density at radius 2 is 1.54 bits per heavy atom. The molecular weight excluding hydrogens is 352 g/mol. The fourth-order valence-corrected chi connectivity index (χ4v) is 4.23. The SMILES string of the molecule is CCc1ccc(C(NS(=O)(=O)Cc2ccc([N+](=O)[O-])cc2)C(C)C)cc1. The maximum absolute atomic E-state index is 12.6. The summed E-state index contributed by atoms with van der Waals surface area (Å²) in [5.74, 6) is -0.143. The summed E-state index contributed by atoms with van der Waals surface area (Å²) in [5.41, 5.74) is 2.57. The van der Waals surface area contributed by atoms with Crippen molar-refractivity contribution >= 4 is 15.7 Å². The van der Waals surface area contributed by atoms with Crippen LogP contribution in [0.4, 0.5) is 5.69 Å². The van der Waals surface area contributed by atoms with Gasteiger partial charge in [0.05, 0.1) is 10.7 Å². The van der Waals surface area contributed by atoms with E-state index in [1.807, 2.05) is 38.1 Å². The molecule has 140 valence electrons. The Kier molecular flexibility index (Phi) is 6.50. The van der Waals surface area contributed by atoms with E-state index in [1.54, 1.807) is 0 Å². The highest BCUT2D eigenvalue weighted by Crippen LogP contribution is 2.24. The molecule has 2 aromatic rings. The molecule has 0 amide bonds. The van der Waals surface area contributed by atoms with Crippen molar-refractivity contribution in [3.63, 3.8) is 0 Å². The molecule has 6 nitrogen and oxygen atoms in total. The van der Waals surface area contributed by atoms with Crippen LogP contribution in [0, 0.1) is 16.0 Å². The zero-order chi connectivity index (χ0) is 19.3. The van der Waals surface area contributed by atoms with Gasteiger partial charge in [0.1, 0.15) is 0 Å². The third kappa shape index (κ3) is 5.37. The lowest BCUT2D eigenvalue weighted by Gasteiger charge is -2.23. The smallest absolute Gasteiger partial charge is 0.258 e. The van der Waals surface area contributed by atoms with Gasteiger partial charge < -0.3 is 0 Å². The molecule has 0 fully saturated rings. The minimum absolute atomic E-state index is 0.0600. The largest absolute Gasteiger partial charge is 0.269 e. The molecule has 7 heteroatoms. The van der Waals surface area contributed by atoms with Gasteiger partial charge in [0.15, 0.2) is 0 Å². The molecule has 0 aliphatic heterocycles. The molecule has 0 aliphatic rings. The van der Waals surface area contributed by atoms with E-state index in [4.69, 9.17) is 0 Å². The number of rotatable bonds is 8. The van der Waals surface area contributed by atoms with Gasteiger partial charge in [0.2, 0.25) is 10.0 Å². The van der Waals surface area contributed by atoms with Crippen LogP contribution in [0.3, 0.4) is 0 Å². The number of hydrogen-bond donors (Lipinski definition) is 1. The first kappa shape index (κ1) is 20.1. The van der Waals surface area contributed by atoms with Crippen molar-refractivity contribution < 1.29 is 13.3 Å². The molecule has 0 saturated heterocycles. The Balaban J connectivity index is 2.16. The molecule has 0 radical (unpaired) electrons. The summed E-state index contributed by atoms with van der Waals surface area (Å²) in [7, 11) is -3.60. The lowest BCUT2D eigenvalue weighted by atomic mass is 9.96. The monoisotopic (exact) mass is 376 g/mol. The van der Waals surface area contributed by atoms with E-state index in [0.29, 0.717) is 5.56 Å². The van der Waals surface area contributed by atoms with Crippen LogP contribution >= 0.6 is 0 Å². The van der Waals surface area contributed by atoms with Gasteiger partial charge in [-0.15, -0.1) is 0 Å². The second-order valence-corrected chi connectivity index (χ2v) is 8.37. The quantitative estimate of drug-likeness (QED) is 0.557. The van der Waals surface area contributed by atoms with Crippen LogP contribution < -0.4 is 4.72 Å². The van der Waals surface area contributed by atoms with Crippen LogP contribution in [0.2, 0.25) is 0 Å². The lowest BCUT2D eigenvalue weighted by molar-refractivity contribution is -0.384. The highest BCUT2D eigenvalue weighted by molar-refractivity contribution is 7.88. The van der Waals surface area contributed by atoms with E-state index in [9.17, 15) is 18.5 Å². The number of hydrogen-bond acceptors (Lipinski definition) is 4. The topological polar surface area (TPSA) is 89.3 Å². The molecule has 0 aromatic heterocycles. The molecule has 0 bridgehead atoms. The second kappa shape index (κ2) is 8.42. The van der Waals surface area contributed by atoms with Crippen molar-refractivity contribution in [3.8, 4) is 0 Å². The summed E-state index contributed by atoms with van der Waals surface area (Å²) in [6, 6.07) is 13.2. The molecule has 1 atom stereocenters. The van der Waals surface area contributed by atoms with Gasteiger partial charge in [-0.05, 0) is 29.0 Å². The van der Waals surface area contributed by atoms with Crippen molar-refractivity contribution in [1.82, 2.24) is 4.72 Å². The number of benzene rings is 2. The first-order valence-electron chi connectivity index (χ1n) is 8.54. The van der Waals surface area contributed by atoms with Crippen molar-refractivity contribution in [1.29, 1.82) is 0 Å². The summed E-state index contributed by atoms with van der Waals surface area (Å²) < 4.78 is 27.9. The summed E-state index contributed by atoms with van der Waals surface area (Å²) in [6.45, 7) is 6.00. The van der Waals surface area contributed by atoms with E-state index in [-0.39, 0.29) is 23.4 Å². The normalized spacial score (nSPS) is 12.9. The predicted molar refractivity (Wildman–Crippen MR) is 102 cm³/mol. The zero-order valence-electron chi connectivity index (χ0n) is 15.2. The van der Waals surface area contributed by atoms with Crippen molar-refractivity contribution in [2.45, 2.75) is 39.0 Å². The van der Waals surface area contributed by atoms with Crippen LogP contribution in [0.1, 0.15) is 43.5 Å². The Labute approximate surface area is 154 Å². The summed E-state index contributed by atoms with van der Waals surface area (Å²) in [6.07, 6.45) is 0.929. The third-order valence-corrected chi connectivity index (χ3v) is 5.55. The van der Waals surface area contributed by atoms with Gasteiger partial charge >= 0.3 is 0 Å². The van der Waals surface area contributed by atoms with Gasteiger partial charge in [-0.1, -0.05) is 57.2 Å². The maximum atomic E-state index is 12.6. The van der Waals surface area contributed by atoms with Gasteiger partial charge in [-0.25, -0.2) is 13.1 Å². The summed E-state index contributed by atoms with van der Waals surface area (Å²) in [5, 5.41) is 10.7. The number of nitrogens with one attached hydrogen (secondary N) is 1. The minimum Gasteiger partial charge on any atom is -0.258 e. The number of non-ortho nitro benzene ring substituents is 1. The van der Waals surface area contributed by atoms with E-state index < -0.39 is 14.9 Å². The number of nitro benzene ring substituents is 1. The van der Waals surface area contributed by atoms with E-state index in [1.165, 1.54) is 29.8 Å². The first-order chi connectivity index (χ1) is 12.2. The summed E-state index contributed by atoms with van der Waals surface area (Å²) >= 11 is 0. The van der Waals surface area contributed by atoms with Gasteiger partial charge in [0, 0.05) is 18.2 Å². The Morgan fingerprint density at radius 3 is 2.00 bits per heavy atom. The van der Waals surface area contributed by atoms with E-state index >= 15 is 0 Å². The Morgan fingerprint density at radius 1 is 1.00 bits per heavy atom. The van der Waals surface area contributed by atoms with Crippen LogP contribution in [-0.4, -0.2) is 13.3 Å². The maximum Gasteiger partial charge on any atom is 0.269 e. The van der Waals surface area contributed by atoms with E-state index in [2.05, 4.69) is 11.6 Å². The van der Waals surface area contributed by atoms with Crippen molar-refractivity contribution in [2.24, 2.45) is 5.92 Å². The molecule has 2 aromatic carbocycles. The Hall–Kier alpha value is -2.25. The average Bonchev–Trinajstić information content (AvgIpc) is 2.60. The fraction of sp³-hybridized carbons (Fsp3) is 0.368. The molecule has 26 heavy (non-hydrogen) atoms. The van der Waals surface area contributed by atoms with Crippen molar-refractivity contribution in [2.75, 3.05) is 0 Å². The van der Waals surface area contributed by atoms with Crippen LogP contribution in [-0.2, 0) is 22.2 Å². The van der Waals surface area contributed by atoms with Crippen LogP contribution in [0.5, 0.6) is 0 Å². The molecule has 0 saturated carbocycles. The lowest BCUT2D eigenvalue weighted by Crippen LogP contribution is -2.32. The van der Waals surface area contributed by atoms with Crippen molar-refractivity contribution in [3.05, 3.63) is 75.3 Å². The molecule has 1 unspecified atom stereocenters. The standard InChI is InChI=1S/C19H24N2O4S/c1-4-15-5-9-17(10-6-15)19(14(2)3)20-26(24,25)13-16-7-11-18(12-8-16)21(22)23/h5-12,14,19-20H,4,13H2,1-3H3. The number of sulfonamides is 1. The molecule has 2 rings (SSSR count). The predicted octanol–water partition coefficient (Wildman–Crippen LogP) is 3.97. The highest BCUT2D eigenvalue weighted by Gasteiger charge is 2.23. The second-order valence-electron chi connectivity index (χ2n) is 6.62. The number of aryl methyl sites for hydroxylation is 1. The molecule has 1 N–H and O–H groups in total.